The number of thiophene rings is 1. The first-order valence-corrected chi connectivity index (χ1v) is 10.4. The van der Waals surface area contributed by atoms with Gasteiger partial charge >= 0.3 is 0 Å². The van der Waals surface area contributed by atoms with Gasteiger partial charge in [-0.1, -0.05) is 6.07 Å². The van der Waals surface area contributed by atoms with Crippen LogP contribution < -0.4 is 9.62 Å². The summed E-state index contributed by atoms with van der Waals surface area (Å²) in [6.45, 7) is 2.06. The van der Waals surface area contributed by atoms with Gasteiger partial charge in [0.1, 0.15) is 16.1 Å². The van der Waals surface area contributed by atoms with Crippen LogP contribution in [0.25, 0.3) is 11.2 Å². The largest absolute Gasteiger partial charge is 0.354 e. The predicted molar refractivity (Wildman–Crippen MR) is 96.1 cm³/mol. The Morgan fingerprint density at radius 2 is 2.28 bits per heavy atom. The second kappa shape index (κ2) is 6.70. The van der Waals surface area contributed by atoms with Crippen LogP contribution in [0.3, 0.4) is 0 Å². The van der Waals surface area contributed by atoms with Crippen LogP contribution in [0.1, 0.15) is 12.8 Å². The number of anilines is 1. The Bertz CT molecular complexity index is 953. The lowest BCUT2D eigenvalue weighted by molar-refractivity contribution is 0.410. The molecule has 25 heavy (non-hydrogen) atoms. The van der Waals surface area contributed by atoms with Gasteiger partial charge in [-0.3, -0.25) is 0 Å². The molecule has 0 spiro atoms. The number of sulfonamides is 1. The fourth-order valence-electron chi connectivity index (χ4n) is 3.13. The third-order valence-electron chi connectivity index (χ3n) is 4.34. The molecule has 4 heterocycles. The van der Waals surface area contributed by atoms with Gasteiger partial charge in [0.05, 0.1) is 6.33 Å². The van der Waals surface area contributed by atoms with Crippen molar-refractivity contribution in [3.05, 3.63) is 30.2 Å². The zero-order valence-electron chi connectivity index (χ0n) is 13.4. The minimum atomic E-state index is -3.42. The summed E-state index contributed by atoms with van der Waals surface area (Å²) in [6, 6.07) is 3.36. The van der Waals surface area contributed by atoms with Crippen LogP contribution in [-0.2, 0) is 10.0 Å². The predicted octanol–water partition coefficient (Wildman–Crippen LogP) is 1.61. The first-order valence-electron chi connectivity index (χ1n) is 8.06. The molecular formula is C15H18N6O2S2. The van der Waals surface area contributed by atoms with Crippen molar-refractivity contribution in [2.75, 3.05) is 24.5 Å². The first-order chi connectivity index (χ1) is 12.1. The Labute approximate surface area is 149 Å². The van der Waals surface area contributed by atoms with Crippen molar-refractivity contribution >= 4 is 38.3 Å². The lowest BCUT2D eigenvalue weighted by Gasteiger charge is -2.33. The first kappa shape index (κ1) is 16.4. The molecule has 10 heteroatoms. The molecule has 0 saturated carbocycles. The maximum absolute atomic E-state index is 12.3. The molecule has 2 N–H and O–H groups in total. The molecule has 0 aliphatic carbocycles. The van der Waals surface area contributed by atoms with Gasteiger partial charge in [-0.25, -0.2) is 28.1 Å². The molecule has 0 amide bonds. The van der Waals surface area contributed by atoms with Crippen LogP contribution in [0.5, 0.6) is 0 Å². The number of rotatable bonds is 5. The third-order valence-corrected chi connectivity index (χ3v) is 7.16. The summed E-state index contributed by atoms with van der Waals surface area (Å²) in [5.74, 6) is 1.06. The molecule has 3 aromatic heterocycles. The average Bonchev–Trinajstić information content (AvgIpc) is 3.31. The number of piperidine rings is 1. The van der Waals surface area contributed by atoms with Crippen molar-refractivity contribution in [2.45, 2.75) is 17.1 Å². The summed E-state index contributed by atoms with van der Waals surface area (Å²) in [5, 5.41) is 1.77. The van der Waals surface area contributed by atoms with Gasteiger partial charge in [-0.2, -0.15) is 0 Å². The van der Waals surface area contributed by atoms with Gasteiger partial charge in [-0.15, -0.1) is 11.3 Å². The average molecular weight is 378 g/mol. The van der Waals surface area contributed by atoms with Gasteiger partial charge in [0.25, 0.3) is 0 Å². The zero-order valence-corrected chi connectivity index (χ0v) is 15.1. The number of nitrogens with one attached hydrogen (secondary N) is 2. The van der Waals surface area contributed by atoms with E-state index < -0.39 is 10.0 Å². The minimum Gasteiger partial charge on any atom is -0.354 e. The zero-order chi connectivity index (χ0) is 17.3. The van der Waals surface area contributed by atoms with Crippen molar-refractivity contribution in [3.8, 4) is 0 Å². The van der Waals surface area contributed by atoms with Gasteiger partial charge < -0.3 is 9.88 Å². The fraction of sp³-hybridized carbons (Fsp3) is 0.400. The quantitative estimate of drug-likeness (QED) is 0.699. The lowest BCUT2D eigenvalue weighted by atomic mass is 9.98. The second-order valence-corrected chi connectivity index (χ2v) is 8.98. The highest BCUT2D eigenvalue weighted by Gasteiger charge is 2.25. The van der Waals surface area contributed by atoms with Crippen LogP contribution in [0, 0.1) is 5.92 Å². The van der Waals surface area contributed by atoms with Crippen molar-refractivity contribution in [1.29, 1.82) is 0 Å². The van der Waals surface area contributed by atoms with Crippen LogP contribution in [0.4, 0.5) is 5.82 Å². The Kier molecular flexibility index (Phi) is 4.40. The highest BCUT2D eigenvalue weighted by Crippen LogP contribution is 2.26. The van der Waals surface area contributed by atoms with Crippen molar-refractivity contribution < 1.29 is 8.42 Å². The Morgan fingerprint density at radius 3 is 3.12 bits per heavy atom. The maximum atomic E-state index is 12.3. The van der Waals surface area contributed by atoms with Gasteiger partial charge in [-0.05, 0) is 30.2 Å². The van der Waals surface area contributed by atoms with E-state index in [4.69, 9.17) is 0 Å². The highest BCUT2D eigenvalue weighted by molar-refractivity contribution is 7.91. The van der Waals surface area contributed by atoms with E-state index in [0.29, 0.717) is 16.4 Å². The van der Waals surface area contributed by atoms with E-state index in [1.54, 1.807) is 23.8 Å². The maximum Gasteiger partial charge on any atom is 0.250 e. The number of imidazole rings is 1. The summed E-state index contributed by atoms with van der Waals surface area (Å²) in [5.41, 5.74) is 1.47. The molecule has 8 nitrogen and oxygen atoms in total. The monoisotopic (exact) mass is 378 g/mol. The number of H-pyrrole nitrogens is 1. The Balaban J connectivity index is 1.46. The van der Waals surface area contributed by atoms with E-state index in [1.165, 1.54) is 17.7 Å². The van der Waals surface area contributed by atoms with Crippen molar-refractivity contribution in [3.63, 3.8) is 0 Å². The van der Waals surface area contributed by atoms with Gasteiger partial charge in [0.2, 0.25) is 10.0 Å². The molecule has 0 unspecified atom stereocenters. The molecule has 132 valence electrons. The van der Waals surface area contributed by atoms with Gasteiger partial charge in [0.15, 0.2) is 11.5 Å². The third kappa shape index (κ3) is 3.37. The number of aromatic amines is 1. The number of nitrogens with zero attached hydrogens (tertiary/aromatic N) is 4. The molecule has 0 bridgehead atoms. The fourth-order valence-corrected chi connectivity index (χ4v) is 5.28. The van der Waals surface area contributed by atoms with Crippen molar-refractivity contribution in [2.24, 2.45) is 5.92 Å². The van der Waals surface area contributed by atoms with E-state index in [0.717, 1.165) is 37.3 Å². The number of hydrogen-bond acceptors (Lipinski definition) is 7. The summed E-state index contributed by atoms with van der Waals surface area (Å²) in [7, 11) is -3.42. The van der Waals surface area contributed by atoms with E-state index >= 15 is 0 Å². The van der Waals surface area contributed by atoms with Crippen LogP contribution in [-0.4, -0.2) is 48.0 Å². The SMILES string of the molecule is O=S(=O)(NC[C@@H]1CCCN(c2ncnc3nc[nH]c23)C1)c1cccs1. The van der Waals surface area contributed by atoms with E-state index in [1.807, 2.05) is 0 Å². The standard InChI is InChI=1S/C15H18N6O2S2/c22-25(23,12-4-2-6-24-12)20-7-11-3-1-5-21(8-11)15-13-14(17-9-16-13)18-10-19-15/h2,4,6,9-11,20H,1,3,5,7-8H2,(H,16,17,18,19)/t11-/m0/s1. The van der Waals surface area contributed by atoms with Crippen LogP contribution in [0.2, 0.25) is 0 Å². The number of hydrogen-bond donors (Lipinski definition) is 2. The summed E-state index contributed by atoms with van der Waals surface area (Å²) < 4.78 is 27.7. The minimum absolute atomic E-state index is 0.233. The van der Waals surface area contributed by atoms with E-state index in [9.17, 15) is 8.42 Å². The molecule has 1 aliphatic heterocycles. The molecule has 1 fully saturated rings. The number of fused-ring (bicyclic) bond motifs is 1. The van der Waals surface area contributed by atoms with Gasteiger partial charge in [0, 0.05) is 19.6 Å². The molecule has 0 radical (unpaired) electrons. The molecular weight excluding hydrogens is 360 g/mol. The molecule has 0 aromatic carbocycles. The molecule has 1 aliphatic rings. The smallest absolute Gasteiger partial charge is 0.250 e. The second-order valence-electron chi connectivity index (χ2n) is 6.04. The summed E-state index contributed by atoms with van der Waals surface area (Å²) >= 11 is 1.23. The molecule has 4 rings (SSSR count). The van der Waals surface area contributed by atoms with E-state index in [-0.39, 0.29) is 5.92 Å². The Hall–Kier alpha value is -2.04. The Morgan fingerprint density at radius 1 is 1.36 bits per heavy atom. The molecule has 1 atom stereocenters. The molecule has 1 saturated heterocycles. The highest BCUT2D eigenvalue weighted by atomic mass is 32.2. The topological polar surface area (TPSA) is 104 Å². The lowest BCUT2D eigenvalue weighted by Crippen LogP contribution is -2.41. The molecule has 3 aromatic rings. The van der Waals surface area contributed by atoms with Crippen LogP contribution >= 0.6 is 11.3 Å². The van der Waals surface area contributed by atoms with Crippen molar-refractivity contribution in [1.82, 2.24) is 24.7 Å². The normalized spacial score (nSPS) is 18.7. The number of aromatic nitrogens is 4. The summed E-state index contributed by atoms with van der Waals surface area (Å²) in [6.07, 6.45) is 5.10. The van der Waals surface area contributed by atoms with E-state index in [2.05, 4.69) is 29.6 Å². The van der Waals surface area contributed by atoms with Crippen LogP contribution in [0.15, 0.2) is 34.4 Å². The summed E-state index contributed by atoms with van der Waals surface area (Å²) in [4.78, 5) is 18.0.